The Morgan fingerprint density at radius 3 is 1.86 bits per heavy atom. The smallest absolute Gasteiger partial charge is 0.333 e. The van der Waals surface area contributed by atoms with Crippen molar-refractivity contribution in [1.29, 1.82) is 0 Å². The van der Waals surface area contributed by atoms with E-state index in [0.29, 0.717) is 38.6 Å². The molecular weight excluding hydrogens is 272 g/mol. The Hall–Kier alpha value is -0.910. The van der Waals surface area contributed by atoms with Gasteiger partial charge in [0, 0.05) is 12.2 Å². The van der Waals surface area contributed by atoms with E-state index in [-0.39, 0.29) is 12.6 Å². The average molecular weight is 302 g/mol. The normalized spacial score (nSPS) is 10.6. The third-order valence-corrected chi connectivity index (χ3v) is 2.70. The van der Waals surface area contributed by atoms with Crippen LogP contribution in [0.15, 0.2) is 12.2 Å². The largest absolute Gasteiger partial charge is 0.460 e. The molecule has 0 aromatic carbocycles. The second kappa shape index (κ2) is 15.5. The average Bonchev–Trinajstić information content (AvgIpc) is 2.47. The maximum atomic E-state index is 11.0. The Bertz CT molecular complexity index is 265. The molecule has 0 N–H and O–H groups in total. The van der Waals surface area contributed by atoms with Gasteiger partial charge in [0.25, 0.3) is 0 Å². The van der Waals surface area contributed by atoms with Gasteiger partial charge in [-0.05, 0) is 13.3 Å². The quantitative estimate of drug-likeness (QED) is 0.264. The van der Waals surface area contributed by atoms with Crippen LogP contribution in [0.1, 0.15) is 39.5 Å². The number of esters is 1. The van der Waals surface area contributed by atoms with Gasteiger partial charge in [-0.25, -0.2) is 4.79 Å². The lowest BCUT2D eigenvalue weighted by molar-refractivity contribution is -0.140. The van der Waals surface area contributed by atoms with E-state index in [0.717, 1.165) is 13.0 Å². The highest BCUT2D eigenvalue weighted by molar-refractivity contribution is 5.86. The number of hydrogen-bond donors (Lipinski definition) is 0. The third-order valence-electron chi connectivity index (χ3n) is 2.70. The molecule has 0 spiro atoms. The van der Waals surface area contributed by atoms with Crippen LogP contribution in [0.5, 0.6) is 0 Å². The summed E-state index contributed by atoms with van der Waals surface area (Å²) in [6.07, 6.45) is 4.88. The summed E-state index contributed by atoms with van der Waals surface area (Å²) < 4.78 is 20.9. The number of rotatable bonds is 15. The molecule has 0 rings (SSSR count). The minimum atomic E-state index is -0.383. The molecule has 0 aromatic heterocycles. The molecule has 0 atom stereocenters. The molecule has 0 saturated carbocycles. The van der Waals surface area contributed by atoms with E-state index in [2.05, 4.69) is 13.5 Å². The number of carbonyl (C=O) groups excluding carboxylic acids is 1. The standard InChI is InChI=1S/C16H30O5/c1-4-5-6-7-8-18-9-10-19-11-12-20-13-14-21-16(17)15(2)3/h2,4-14H2,1,3H3. The minimum absolute atomic E-state index is 0.243. The number of carbonyl (C=O) groups is 1. The van der Waals surface area contributed by atoms with Crippen LogP contribution in [-0.2, 0) is 23.7 Å². The zero-order valence-corrected chi connectivity index (χ0v) is 13.5. The first-order valence-corrected chi connectivity index (χ1v) is 7.74. The zero-order chi connectivity index (χ0) is 15.8. The molecule has 21 heavy (non-hydrogen) atoms. The van der Waals surface area contributed by atoms with Gasteiger partial charge >= 0.3 is 5.97 Å². The lowest BCUT2D eigenvalue weighted by Crippen LogP contribution is -2.14. The summed E-state index contributed by atoms with van der Waals surface area (Å²) in [5.41, 5.74) is 0.396. The van der Waals surface area contributed by atoms with E-state index in [1.165, 1.54) is 19.3 Å². The Balaban J connectivity index is 3.06. The van der Waals surface area contributed by atoms with Gasteiger partial charge < -0.3 is 18.9 Å². The number of ether oxygens (including phenoxy) is 4. The van der Waals surface area contributed by atoms with Crippen LogP contribution in [0, 0.1) is 0 Å². The van der Waals surface area contributed by atoms with Crippen molar-refractivity contribution in [1.82, 2.24) is 0 Å². The summed E-state index contributed by atoms with van der Waals surface area (Å²) in [5.74, 6) is -0.383. The fourth-order valence-corrected chi connectivity index (χ4v) is 1.49. The SMILES string of the molecule is C=C(C)C(=O)OCCOCCOCCOCCCCCC. The molecule has 0 radical (unpaired) electrons. The van der Waals surface area contributed by atoms with Crippen LogP contribution in [-0.4, -0.2) is 52.2 Å². The van der Waals surface area contributed by atoms with Gasteiger partial charge in [0.05, 0.1) is 33.0 Å². The van der Waals surface area contributed by atoms with Crippen LogP contribution < -0.4 is 0 Å². The van der Waals surface area contributed by atoms with Crippen molar-refractivity contribution in [2.75, 3.05) is 46.2 Å². The maximum absolute atomic E-state index is 11.0. The van der Waals surface area contributed by atoms with Crippen molar-refractivity contribution in [3.63, 3.8) is 0 Å². The summed E-state index contributed by atoms with van der Waals surface area (Å²) in [5, 5.41) is 0. The number of unbranched alkanes of at least 4 members (excludes halogenated alkanes) is 3. The second-order valence-corrected chi connectivity index (χ2v) is 4.81. The lowest BCUT2D eigenvalue weighted by Gasteiger charge is -2.07. The van der Waals surface area contributed by atoms with Crippen molar-refractivity contribution in [3.8, 4) is 0 Å². The van der Waals surface area contributed by atoms with Crippen molar-refractivity contribution < 1.29 is 23.7 Å². The van der Waals surface area contributed by atoms with E-state index < -0.39 is 0 Å². The molecule has 0 aromatic rings. The minimum Gasteiger partial charge on any atom is -0.460 e. The van der Waals surface area contributed by atoms with Crippen molar-refractivity contribution in [2.45, 2.75) is 39.5 Å². The first-order chi connectivity index (χ1) is 10.2. The molecule has 0 heterocycles. The Morgan fingerprint density at radius 1 is 0.810 bits per heavy atom. The first kappa shape index (κ1) is 20.1. The molecule has 0 aliphatic rings. The Kier molecular flexibility index (Phi) is 14.8. The summed E-state index contributed by atoms with van der Waals surface area (Å²) in [6, 6.07) is 0. The highest BCUT2D eigenvalue weighted by Gasteiger charge is 2.01. The predicted molar refractivity (Wildman–Crippen MR) is 82.4 cm³/mol. The lowest BCUT2D eigenvalue weighted by atomic mass is 10.2. The van der Waals surface area contributed by atoms with Crippen LogP contribution in [0.25, 0.3) is 0 Å². The monoisotopic (exact) mass is 302 g/mol. The molecule has 5 heteroatoms. The highest BCUT2D eigenvalue weighted by atomic mass is 16.6. The van der Waals surface area contributed by atoms with Gasteiger partial charge in [-0.2, -0.15) is 0 Å². The third kappa shape index (κ3) is 15.3. The molecule has 0 bridgehead atoms. The topological polar surface area (TPSA) is 54.0 Å². The van der Waals surface area contributed by atoms with E-state index in [4.69, 9.17) is 18.9 Å². The van der Waals surface area contributed by atoms with E-state index in [9.17, 15) is 4.79 Å². The van der Waals surface area contributed by atoms with Crippen LogP contribution in [0.2, 0.25) is 0 Å². The van der Waals surface area contributed by atoms with Crippen molar-refractivity contribution in [2.24, 2.45) is 0 Å². The van der Waals surface area contributed by atoms with Crippen molar-refractivity contribution in [3.05, 3.63) is 12.2 Å². The zero-order valence-electron chi connectivity index (χ0n) is 13.5. The molecule has 0 aliphatic heterocycles. The summed E-state index contributed by atoms with van der Waals surface area (Å²) in [7, 11) is 0. The maximum Gasteiger partial charge on any atom is 0.333 e. The van der Waals surface area contributed by atoms with Gasteiger partial charge in [-0.1, -0.05) is 32.8 Å². The Labute approximate surface area is 128 Å². The van der Waals surface area contributed by atoms with E-state index in [1.54, 1.807) is 6.92 Å². The van der Waals surface area contributed by atoms with Gasteiger partial charge in [-0.15, -0.1) is 0 Å². The molecule has 5 nitrogen and oxygen atoms in total. The molecule has 0 amide bonds. The summed E-state index contributed by atoms with van der Waals surface area (Å²) >= 11 is 0. The van der Waals surface area contributed by atoms with Gasteiger partial charge in [0.15, 0.2) is 0 Å². The molecule has 0 aliphatic carbocycles. The fraction of sp³-hybridized carbons (Fsp3) is 0.812. The van der Waals surface area contributed by atoms with Gasteiger partial charge in [-0.3, -0.25) is 0 Å². The predicted octanol–water partition coefficient (Wildman–Crippen LogP) is 2.74. The summed E-state index contributed by atoms with van der Waals surface area (Å²) in [4.78, 5) is 11.0. The molecule has 0 unspecified atom stereocenters. The first-order valence-electron chi connectivity index (χ1n) is 7.74. The Morgan fingerprint density at radius 2 is 1.33 bits per heavy atom. The van der Waals surface area contributed by atoms with Crippen LogP contribution in [0.3, 0.4) is 0 Å². The molecule has 124 valence electrons. The van der Waals surface area contributed by atoms with Crippen LogP contribution in [0.4, 0.5) is 0 Å². The van der Waals surface area contributed by atoms with E-state index >= 15 is 0 Å². The van der Waals surface area contributed by atoms with Crippen LogP contribution >= 0.6 is 0 Å². The molecular formula is C16H30O5. The van der Waals surface area contributed by atoms with Gasteiger partial charge in [0.1, 0.15) is 6.61 Å². The molecule has 0 fully saturated rings. The van der Waals surface area contributed by atoms with Gasteiger partial charge in [0.2, 0.25) is 0 Å². The highest BCUT2D eigenvalue weighted by Crippen LogP contribution is 1.98. The summed E-state index contributed by atoms with van der Waals surface area (Å²) in [6.45, 7) is 11.0. The van der Waals surface area contributed by atoms with Crippen molar-refractivity contribution >= 4 is 5.97 Å². The fourth-order valence-electron chi connectivity index (χ4n) is 1.49. The second-order valence-electron chi connectivity index (χ2n) is 4.81. The molecule has 0 saturated heterocycles. The number of hydrogen-bond acceptors (Lipinski definition) is 5. The van der Waals surface area contributed by atoms with E-state index in [1.807, 2.05) is 0 Å².